The Balaban J connectivity index is 1.81. The second-order valence-electron chi connectivity index (χ2n) is 4.69. The van der Waals surface area contributed by atoms with Gasteiger partial charge in [0.05, 0.1) is 19.2 Å². The molecule has 0 radical (unpaired) electrons. The number of hydrogen-bond donors (Lipinski definition) is 2. The van der Waals surface area contributed by atoms with Crippen LogP contribution in [-0.2, 0) is 4.74 Å². The number of methoxy groups -OCH3 is 1. The molecule has 0 saturated heterocycles. The number of amides is 2. The minimum absolute atomic E-state index is 0.193. The monoisotopic (exact) mass is 342 g/mol. The van der Waals surface area contributed by atoms with Crippen molar-refractivity contribution in [3.63, 3.8) is 0 Å². The van der Waals surface area contributed by atoms with Crippen molar-refractivity contribution < 1.29 is 14.3 Å². The van der Waals surface area contributed by atoms with Crippen LogP contribution in [0.15, 0.2) is 48.5 Å². The summed E-state index contributed by atoms with van der Waals surface area (Å²) in [6, 6.07) is 13.1. The van der Waals surface area contributed by atoms with E-state index in [1.165, 1.54) is 7.11 Å². The molecule has 0 fully saturated rings. The average molecular weight is 343 g/mol. The van der Waals surface area contributed by atoms with Crippen LogP contribution in [0.2, 0.25) is 5.02 Å². The minimum atomic E-state index is -0.393. The summed E-state index contributed by atoms with van der Waals surface area (Å²) in [7, 11) is 1.33. The zero-order valence-corrected chi connectivity index (χ0v) is 13.7. The first-order valence-corrected chi connectivity index (χ1v) is 7.44. The molecule has 0 heterocycles. The molecule has 0 saturated carbocycles. The lowest BCUT2D eigenvalue weighted by atomic mass is 10.1. The van der Waals surface area contributed by atoms with Crippen LogP contribution in [-0.4, -0.2) is 25.7 Å². The normalized spacial score (nSPS) is 9.42. The van der Waals surface area contributed by atoms with Gasteiger partial charge >= 0.3 is 12.0 Å². The number of rotatable bonds is 3. The van der Waals surface area contributed by atoms with Gasteiger partial charge in [0, 0.05) is 16.3 Å². The third-order valence-corrected chi connectivity index (χ3v) is 3.23. The quantitative estimate of drug-likeness (QED) is 0.664. The molecule has 0 spiro atoms. The molecule has 6 heteroatoms. The summed E-state index contributed by atoms with van der Waals surface area (Å²) in [6.07, 6.45) is 0. The molecule has 5 nitrogen and oxygen atoms in total. The summed E-state index contributed by atoms with van der Waals surface area (Å²) >= 11 is 5.77. The van der Waals surface area contributed by atoms with Gasteiger partial charge in [-0.1, -0.05) is 23.4 Å². The number of carbonyl (C=O) groups is 2. The third kappa shape index (κ3) is 5.34. The Kier molecular flexibility index (Phi) is 6.23. The van der Waals surface area contributed by atoms with Gasteiger partial charge in [-0.2, -0.15) is 0 Å². The highest BCUT2D eigenvalue weighted by Crippen LogP contribution is 2.12. The molecule has 0 bridgehead atoms. The molecular formula is C18H15ClN2O3. The fourth-order valence-electron chi connectivity index (χ4n) is 1.79. The zero-order chi connectivity index (χ0) is 17.4. The molecule has 2 aromatic carbocycles. The highest BCUT2D eigenvalue weighted by atomic mass is 35.5. The van der Waals surface area contributed by atoms with Gasteiger partial charge in [-0.3, -0.25) is 0 Å². The maximum Gasteiger partial charge on any atom is 0.337 e. The number of hydrogen-bond acceptors (Lipinski definition) is 3. The van der Waals surface area contributed by atoms with Gasteiger partial charge in [-0.15, -0.1) is 0 Å². The van der Waals surface area contributed by atoms with Crippen molar-refractivity contribution in [1.29, 1.82) is 0 Å². The van der Waals surface area contributed by atoms with Crippen molar-refractivity contribution >= 4 is 29.3 Å². The maximum atomic E-state index is 11.7. The summed E-state index contributed by atoms with van der Waals surface area (Å²) in [5.74, 6) is 5.33. The summed E-state index contributed by atoms with van der Waals surface area (Å²) in [5.41, 5.74) is 1.84. The second kappa shape index (κ2) is 8.61. The van der Waals surface area contributed by atoms with Crippen molar-refractivity contribution in [2.45, 2.75) is 0 Å². The molecule has 0 aliphatic heterocycles. The van der Waals surface area contributed by atoms with Crippen molar-refractivity contribution in [3.8, 4) is 11.8 Å². The number of ether oxygens (including phenoxy) is 1. The number of anilines is 1. The van der Waals surface area contributed by atoms with E-state index in [1.54, 1.807) is 48.5 Å². The lowest BCUT2D eigenvalue weighted by Gasteiger charge is -2.04. The first-order chi connectivity index (χ1) is 11.6. The van der Waals surface area contributed by atoms with Gasteiger partial charge < -0.3 is 15.4 Å². The Labute approximate surface area is 145 Å². The number of urea groups is 1. The van der Waals surface area contributed by atoms with E-state index >= 15 is 0 Å². The zero-order valence-electron chi connectivity index (χ0n) is 12.9. The van der Waals surface area contributed by atoms with E-state index in [1.807, 2.05) is 0 Å². The van der Waals surface area contributed by atoms with Crippen LogP contribution in [0.1, 0.15) is 15.9 Å². The SMILES string of the molecule is COC(=O)c1ccc(C#CCNC(=O)Nc2ccc(Cl)cc2)cc1. The van der Waals surface area contributed by atoms with Crippen LogP contribution in [0.4, 0.5) is 10.5 Å². The second-order valence-corrected chi connectivity index (χ2v) is 5.12. The van der Waals surface area contributed by atoms with E-state index in [9.17, 15) is 9.59 Å². The minimum Gasteiger partial charge on any atom is -0.465 e. The third-order valence-electron chi connectivity index (χ3n) is 2.98. The standard InChI is InChI=1S/C18H15ClN2O3/c1-24-17(22)14-6-4-13(5-7-14)3-2-12-20-18(23)21-16-10-8-15(19)9-11-16/h4-11H,12H2,1H3,(H2,20,21,23). The fourth-order valence-corrected chi connectivity index (χ4v) is 1.91. The Morgan fingerprint density at radius 3 is 2.38 bits per heavy atom. The number of halogens is 1. The van der Waals surface area contributed by atoms with Gasteiger partial charge in [0.25, 0.3) is 0 Å². The first kappa shape index (κ1) is 17.4. The van der Waals surface area contributed by atoms with Crippen LogP contribution in [0, 0.1) is 11.8 Å². The molecular weight excluding hydrogens is 328 g/mol. The number of nitrogens with one attached hydrogen (secondary N) is 2. The molecule has 2 aromatic rings. The van der Waals surface area contributed by atoms with E-state index in [4.69, 9.17) is 11.6 Å². The van der Waals surface area contributed by atoms with Crippen molar-refractivity contribution in [1.82, 2.24) is 5.32 Å². The van der Waals surface area contributed by atoms with Crippen LogP contribution in [0.3, 0.4) is 0 Å². The molecule has 2 N–H and O–H groups in total. The first-order valence-electron chi connectivity index (χ1n) is 7.06. The maximum absolute atomic E-state index is 11.7. The molecule has 2 amide bonds. The van der Waals surface area contributed by atoms with Crippen LogP contribution >= 0.6 is 11.6 Å². The summed E-state index contributed by atoms with van der Waals surface area (Å²) in [5, 5.41) is 5.89. The molecule has 0 aliphatic rings. The van der Waals surface area contributed by atoms with Crippen molar-refractivity contribution in [2.24, 2.45) is 0 Å². The van der Waals surface area contributed by atoms with Crippen LogP contribution < -0.4 is 10.6 Å². The lowest BCUT2D eigenvalue weighted by molar-refractivity contribution is 0.0600. The Morgan fingerprint density at radius 2 is 1.75 bits per heavy atom. The molecule has 0 aromatic heterocycles. The summed E-state index contributed by atoms with van der Waals surface area (Å²) < 4.78 is 4.62. The molecule has 0 aliphatic carbocycles. The highest BCUT2D eigenvalue weighted by Gasteiger charge is 2.03. The molecule has 24 heavy (non-hydrogen) atoms. The number of benzene rings is 2. The highest BCUT2D eigenvalue weighted by molar-refractivity contribution is 6.30. The van der Waals surface area contributed by atoms with Crippen molar-refractivity contribution in [3.05, 3.63) is 64.7 Å². The van der Waals surface area contributed by atoms with Gasteiger partial charge in [-0.25, -0.2) is 9.59 Å². The van der Waals surface area contributed by atoms with E-state index in [-0.39, 0.29) is 12.6 Å². The summed E-state index contributed by atoms with van der Waals surface area (Å²) in [4.78, 5) is 23.0. The topological polar surface area (TPSA) is 67.4 Å². The predicted molar refractivity (Wildman–Crippen MR) is 93.1 cm³/mol. The largest absolute Gasteiger partial charge is 0.465 e. The fraction of sp³-hybridized carbons (Fsp3) is 0.111. The van der Waals surface area contributed by atoms with Crippen LogP contribution in [0.5, 0.6) is 0 Å². The Morgan fingerprint density at radius 1 is 1.08 bits per heavy atom. The average Bonchev–Trinajstić information content (AvgIpc) is 2.60. The Bertz CT molecular complexity index is 775. The van der Waals surface area contributed by atoms with E-state index in [0.29, 0.717) is 16.3 Å². The number of carbonyl (C=O) groups excluding carboxylic acids is 2. The van der Waals surface area contributed by atoms with Crippen molar-refractivity contribution in [2.75, 3.05) is 19.0 Å². The predicted octanol–water partition coefficient (Wildman–Crippen LogP) is 3.30. The Hall–Kier alpha value is -2.97. The summed E-state index contributed by atoms with van der Waals surface area (Å²) in [6.45, 7) is 0.193. The van der Waals surface area contributed by atoms with E-state index in [2.05, 4.69) is 27.2 Å². The van der Waals surface area contributed by atoms with Gasteiger partial charge in [0.1, 0.15) is 0 Å². The van der Waals surface area contributed by atoms with Crippen LogP contribution in [0.25, 0.3) is 0 Å². The van der Waals surface area contributed by atoms with E-state index in [0.717, 1.165) is 5.56 Å². The lowest BCUT2D eigenvalue weighted by Crippen LogP contribution is -2.28. The van der Waals surface area contributed by atoms with Gasteiger partial charge in [0.2, 0.25) is 0 Å². The molecule has 0 atom stereocenters. The number of esters is 1. The van der Waals surface area contributed by atoms with Gasteiger partial charge in [-0.05, 0) is 48.5 Å². The molecule has 2 rings (SSSR count). The van der Waals surface area contributed by atoms with E-state index < -0.39 is 5.97 Å². The van der Waals surface area contributed by atoms with Gasteiger partial charge in [0.15, 0.2) is 0 Å². The smallest absolute Gasteiger partial charge is 0.337 e. The molecule has 122 valence electrons. The molecule has 0 unspecified atom stereocenters.